The maximum absolute atomic E-state index is 13.7. The Morgan fingerprint density at radius 1 is 0.744 bits per heavy atom. The molecule has 1 N–H and O–H groups in total. The summed E-state index contributed by atoms with van der Waals surface area (Å²) in [5, 5.41) is 16.9. The van der Waals surface area contributed by atoms with Gasteiger partial charge in [0.2, 0.25) is 17.2 Å². The summed E-state index contributed by atoms with van der Waals surface area (Å²) in [5.41, 5.74) is 2.30. The molecule has 4 aliphatic rings. The highest BCUT2D eigenvalue weighted by Crippen LogP contribution is 2.56. The number of anilines is 2. The van der Waals surface area contributed by atoms with Gasteiger partial charge >= 0.3 is 0 Å². The zero-order chi connectivity index (χ0) is 26.4. The summed E-state index contributed by atoms with van der Waals surface area (Å²) in [4.78, 5) is 42.2. The molecule has 9 heteroatoms. The van der Waals surface area contributed by atoms with Gasteiger partial charge in [-0.05, 0) is 48.5 Å². The second-order valence-corrected chi connectivity index (χ2v) is 10.3. The van der Waals surface area contributed by atoms with E-state index in [9.17, 15) is 19.5 Å². The van der Waals surface area contributed by atoms with Crippen molar-refractivity contribution in [3.8, 4) is 5.75 Å². The third-order valence-electron chi connectivity index (χ3n) is 8.38. The van der Waals surface area contributed by atoms with Crippen molar-refractivity contribution in [3.63, 3.8) is 0 Å². The summed E-state index contributed by atoms with van der Waals surface area (Å²) < 4.78 is 12.2. The average Bonchev–Trinajstić information content (AvgIpc) is 3.70. The predicted molar refractivity (Wildman–Crippen MR) is 141 cm³/mol. The number of hydrogen-bond acceptors (Lipinski definition) is 8. The van der Waals surface area contributed by atoms with E-state index in [2.05, 4.69) is 0 Å². The lowest BCUT2D eigenvalue weighted by Gasteiger charge is -2.32. The fourth-order valence-electron chi connectivity index (χ4n) is 6.77. The molecule has 192 valence electrons. The number of carbonyl (C=O) groups is 2. The Kier molecular flexibility index (Phi) is 4.49. The van der Waals surface area contributed by atoms with Gasteiger partial charge in [-0.15, -0.1) is 0 Å². The highest BCUT2D eigenvalue weighted by molar-refractivity contribution is 6.23. The molecule has 0 spiro atoms. The van der Waals surface area contributed by atoms with E-state index >= 15 is 0 Å². The molecule has 8 rings (SSSR count). The number of amides is 2. The molecule has 2 bridgehead atoms. The highest BCUT2D eigenvalue weighted by Gasteiger charge is 2.72. The smallest absolute Gasteiger partial charge is 0.240 e. The van der Waals surface area contributed by atoms with Crippen molar-refractivity contribution in [2.45, 2.75) is 18.2 Å². The minimum Gasteiger partial charge on any atom is -0.508 e. The van der Waals surface area contributed by atoms with E-state index in [4.69, 9.17) is 14.3 Å². The highest BCUT2D eigenvalue weighted by atomic mass is 16.5. The van der Waals surface area contributed by atoms with E-state index in [1.165, 1.54) is 23.3 Å². The van der Waals surface area contributed by atoms with E-state index in [0.717, 1.165) is 5.69 Å². The molecule has 5 heterocycles. The molecule has 0 aliphatic carbocycles. The summed E-state index contributed by atoms with van der Waals surface area (Å²) in [7, 11) is 0. The van der Waals surface area contributed by atoms with Crippen molar-refractivity contribution in [1.82, 2.24) is 0 Å². The van der Waals surface area contributed by atoms with Gasteiger partial charge < -0.3 is 14.3 Å². The standard InChI is InChI=1S/C30H21N3O6/c34-17-12-10-15(11-13-17)32-29(36)21-22(30(32)37)28-25-23(27(21)39-28)24(31-33(25)16-6-2-1-3-7-16)19-14-38-20-9-5-4-8-18(20)26(19)35/h1-14,21-23,25,27-28,34H. The number of benzene rings is 3. The monoisotopic (exact) mass is 519 g/mol. The van der Waals surface area contributed by atoms with E-state index in [1.54, 1.807) is 36.4 Å². The van der Waals surface area contributed by atoms with E-state index < -0.39 is 30.0 Å². The van der Waals surface area contributed by atoms with Crippen molar-refractivity contribution in [2.75, 3.05) is 9.91 Å². The van der Waals surface area contributed by atoms with Crippen LogP contribution >= 0.6 is 0 Å². The molecule has 39 heavy (non-hydrogen) atoms. The Labute approximate surface area is 221 Å². The molecule has 4 aromatic rings. The van der Waals surface area contributed by atoms with Crippen LogP contribution in [0.4, 0.5) is 11.4 Å². The first-order valence-electron chi connectivity index (χ1n) is 12.8. The lowest BCUT2D eigenvalue weighted by molar-refractivity contribution is -0.125. The van der Waals surface area contributed by atoms with Gasteiger partial charge in [-0.2, -0.15) is 5.10 Å². The molecule has 3 saturated heterocycles. The zero-order valence-electron chi connectivity index (χ0n) is 20.4. The van der Waals surface area contributed by atoms with Crippen LogP contribution in [0.15, 0.2) is 99.4 Å². The van der Waals surface area contributed by atoms with Crippen molar-refractivity contribution in [2.24, 2.45) is 22.9 Å². The number of carbonyl (C=O) groups excluding carboxylic acids is 2. The van der Waals surface area contributed by atoms with E-state index in [-0.39, 0.29) is 29.0 Å². The molecule has 0 radical (unpaired) electrons. The van der Waals surface area contributed by atoms with E-state index in [1.807, 2.05) is 35.3 Å². The number of hydrazone groups is 1. The van der Waals surface area contributed by atoms with Crippen LogP contribution in [0.1, 0.15) is 5.56 Å². The molecule has 2 amide bonds. The Morgan fingerprint density at radius 3 is 2.21 bits per heavy atom. The Morgan fingerprint density at radius 2 is 1.44 bits per heavy atom. The average molecular weight is 520 g/mol. The van der Waals surface area contributed by atoms with Gasteiger partial charge in [0, 0.05) is 0 Å². The summed E-state index contributed by atoms with van der Waals surface area (Å²) in [6, 6.07) is 22.2. The molecule has 6 atom stereocenters. The van der Waals surface area contributed by atoms with Crippen LogP contribution in [0.3, 0.4) is 0 Å². The van der Waals surface area contributed by atoms with Crippen LogP contribution in [0, 0.1) is 17.8 Å². The van der Waals surface area contributed by atoms with Gasteiger partial charge in [0.05, 0.1) is 64.0 Å². The van der Waals surface area contributed by atoms with Crippen molar-refractivity contribution in [1.29, 1.82) is 0 Å². The fourth-order valence-corrected chi connectivity index (χ4v) is 6.77. The van der Waals surface area contributed by atoms with Gasteiger partial charge in [-0.1, -0.05) is 30.3 Å². The molecular weight excluding hydrogens is 498 g/mol. The quantitative estimate of drug-likeness (QED) is 0.414. The van der Waals surface area contributed by atoms with Crippen LogP contribution in [0.5, 0.6) is 5.75 Å². The molecule has 1 aromatic heterocycles. The van der Waals surface area contributed by atoms with Gasteiger partial charge in [0.25, 0.3) is 0 Å². The number of ether oxygens (including phenoxy) is 1. The Bertz CT molecular complexity index is 1770. The molecule has 9 nitrogen and oxygen atoms in total. The molecule has 3 aromatic carbocycles. The number of nitrogens with zero attached hydrogens (tertiary/aromatic N) is 3. The third kappa shape index (κ3) is 2.93. The van der Waals surface area contributed by atoms with Crippen LogP contribution in [-0.4, -0.2) is 40.9 Å². The van der Waals surface area contributed by atoms with Gasteiger partial charge in [-0.25, -0.2) is 4.90 Å². The van der Waals surface area contributed by atoms with Crippen LogP contribution < -0.4 is 15.3 Å². The first-order valence-corrected chi connectivity index (χ1v) is 12.8. The Hall–Kier alpha value is -4.76. The molecular formula is C30H21N3O6. The molecule has 3 fully saturated rings. The van der Waals surface area contributed by atoms with Crippen LogP contribution in [0.2, 0.25) is 0 Å². The second-order valence-electron chi connectivity index (χ2n) is 10.3. The number of imide groups is 1. The number of phenols is 1. The number of aromatic hydroxyl groups is 1. The van der Waals surface area contributed by atoms with Gasteiger partial charge in [0.15, 0.2) is 0 Å². The number of hydrogen-bond donors (Lipinski definition) is 1. The third-order valence-corrected chi connectivity index (χ3v) is 8.38. The summed E-state index contributed by atoms with van der Waals surface area (Å²) in [6.45, 7) is 0. The SMILES string of the molecule is O=C1C2C3OC(C2C(=O)N1c1ccc(O)cc1)C1C3C(c2coc3ccccc3c2=O)=NN1c1ccccc1. The number of phenolic OH excluding ortho intramolecular Hbond substituents is 1. The fraction of sp³-hybridized carbons (Fsp3) is 0.200. The summed E-state index contributed by atoms with van der Waals surface area (Å²) in [6.07, 6.45) is 0.197. The summed E-state index contributed by atoms with van der Waals surface area (Å²) in [5.74, 6) is -2.42. The van der Waals surface area contributed by atoms with Crippen molar-refractivity contribution in [3.05, 3.63) is 101 Å². The number of rotatable bonds is 3. The Balaban J connectivity index is 1.26. The minimum atomic E-state index is -0.703. The first kappa shape index (κ1) is 22.2. The first-order chi connectivity index (χ1) is 19.0. The lowest BCUT2D eigenvalue weighted by atomic mass is 9.70. The number of para-hydroxylation sites is 2. The maximum atomic E-state index is 13.7. The summed E-state index contributed by atoms with van der Waals surface area (Å²) >= 11 is 0. The van der Waals surface area contributed by atoms with Crippen LogP contribution in [0.25, 0.3) is 11.0 Å². The second kappa shape index (κ2) is 7.87. The van der Waals surface area contributed by atoms with Gasteiger partial charge in [-0.3, -0.25) is 19.4 Å². The van der Waals surface area contributed by atoms with Gasteiger partial charge in [0.1, 0.15) is 17.6 Å². The molecule has 6 unspecified atom stereocenters. The largest absolute Gasteiger partial charge is 0.508 e. The maximum Gasteiger partial charge on any atom is 0.240 e. The zero-order valence-corrected chi connectivity index (χ0v) is 20.4. The van der Waals surface area contributed by atoms with Crippen molar-refractivity contribution < 1.29 is 23.8 Å². The molecule has 4 aliphatic heterocycles. The normalized spacial score (nSPS) is 28.8. The minimum absolute atomic E-state index is 0.0459. The van der Waals surface area contributed by atoms with Crippen molar-refractivity contribution >= 4 is 39.9 Å². The van der Waals surface area contributed by atoms with Crippen LogP contribution in [-0.2, 0) is 14.3 Å². The van der Waals surface area contributed by atoms with E-state index in [0.29, 0.717) is 27.9 Å². The molecule has 0 saturated carbocycles. The lowest BCUT2D eigenvalue weighted by Crippen LogP contribution is -2.50. The predicted octanol–water partition coefficient (Wildman–Crippen LogP) is 3.29. The number of fused-ring (bicyclic) bond motifs is 9. The topological polar surface area (TPSA) is 113 Å².